The highest BCUT2D eigenvalue weighted by Crippen LogP contribution is 2.20. The van der Waals surface area contributed by atoms with Crippen LogP contribution in [0.2, 0.25) is 0 Å². The largest absolute Gasteiger partial charge is 0.394 e. The third-order valence-corrected chi connectivity index (χ3v) is 2.59. The van der Waals surface area contributed by atoms with Crippen molar-refractivity contribution in [3.05, 3.63) is 24.0 Å². The average molecular weight is 194 g/mol. The van der Waals surface area contributed by atoms with Gasteiger partial charge in [0.15, 0.2) is 0 Å². The Bertz CT molecular complexity index is 295. The van der Waals surface area contributed by atoms with Crippen LogP contribution in [0.25, 0.3) is 0 Å². The van der Waals surface area contributed by atoms with Crippen molar-refractivity contribution < 1.29 is 5.11 Å². The van der Waals surface area contributed by atoms with Crippen molar-refractivity contribution in [2.45, 2.75) is 32.7 Å². The zero-order chi connectivity index (χ0) is 10.6. The number of aliphatic hydroxyl groups is 1. The summed E-state index contributed by atoms with van der Waals surface area (Å²) in [5.41, 5.74) is 1.89. The monoisotopic (exact) mass is 194 g/mol. The van der Waals surface area contributed by atoms with E-state index in [1.807, 2.05) is 26.1 Å². The molecular weight excluding hydrogens is 176 g/mol. The molecule has 78 valence electrons. The first kappa shape index (κ1) is 11.0. The van der Waals surface area contributed by atoms with E-state index in [1.165, 1.54) is 0 Å². The molecule has 1 heterocycles. The third kappa shape index (κ3) is 2.45. The number of pyridine rings is 1. The minimum Gasteiger partial charge on any atom is -0.394 e. The molecule has 1 rings (SSSR count). The van der Waals surface area contributed by atoms with Crippen molar-refractivity contribution in [1.82, 2.24) is 4.98 Å². The Kier molecular flexibility index (Phi) is 3.47. The maximum absolute atomic E-state index is 9.26. The summed E-state index contributed by atoms with van der Waals surface area (Å²) in [4.78, 5) is 4.02. The van der Waals surface area contributed by atoms with Crippen LogP contribution >= 0.6 is 0 Å². The van der Waals surface area contributed by atoms with Crippen molar-refractivity contribution in [2.75, 3.05) is 11.9 Å². The van der Waals surface area contributed by atoms with Gasteiger partial charge in [-0.1, -0.05) is 6.92 Å². The number of anilines is 1. The SMILES string of the molecule is CCC(C)(CO)Nc1ccncc1C. The second-order valence-corrected chi connectivity index (χ2v) is 3.89. The van der Waals surface area contributed by atoms with Crippen LogP contribution in [0, 0.1) is 6.92 Å². The highest BCUT2D eigenvalue weighted by Gasteiger charge is 2.20. The maximum Gasteiger partial charge on any atom is 0.0658 e. The van der Waals surface area contributed by atoms with Gasteiger partial charge in [0, 0.05) is 18.1 Å². The van der Waals surface area contributed by atoms with E-state index < -0.39 is 0 Å². The molecule has 14 heavy (non-hydrogen) atoms. The molecule has 0 spiro atoms. The minimum atomic E-state index is -0.244. The summed E-state index contributed by atoms with van der Waals surface area (Å²) < 4.78 is 0. The maximum atomic E-state index is 9.26. The Morgan fingerprint density at radius 1 is 1.57 bits per heavy atom. The van der Waals surface area contributed by atoms with Gasteiger partial charge in [-0.15, -0.1) is 0 Å². The van der Waals surface area contributed by atoms with Gasteiger partial charge in [-0.2, -0.15) is 0 Å². The highest BCUT2D eigenvalue weighted by molar-refractivity contribution is 5.50. The van der Waals surface area contributed by atoms with Gasteiger partial charge in [-0.05, 0) is 31.9 Å². The van der Waals surface area contributed by atoms with Gasteiger partial charge in [0.25, 0.3) is 0 Å². The molecule has 0 saturated heterocycles. The fraction of sp³-hybridized carbons (Fsp3) is 0.545. The second-order valence-electron chi connectivity index (χ2n) is 3.89. The van der Waals surface area contributed by atoms with Crippen molar-refractivity contribution in [3.63, 3.8) is 0 Å². The molecule has 0 amide bonds. The summed E-state index contributed by atoms with van der Waals surface area (Å²) in [6.45, 7) is 6.20. The quantitative estimate of drug-likeness (QED) is 0.770. The Morgan fingerprint density at radius 2 is 2.29 bits per heavy atom. The second kappa shape index (κ2) is 4.42. The summed E-state index contributed by atoms with van der Waals surface area (Å²) >= 11 is 0. The lowest BCUT2D eigenvalue weighted by atomic mass is 9.99. The zero-order valence-electron chi connectivity index (χ0n) is 9.04. The van der Waals surface area contributed by atoms with E-state index in [0.29, 0.717) is 0 Å². The molecule has 1 aromatic rings. The number of nitrogens with one attached hydrogen (secondary N) is 1. The first-order valence-electron chi connectivity index (χ1n) is 4.91. The fourth-order valence-corrected chi connectivity index (χ4v) is 1.18. The summed E-state index contributed by atoms with van der Waals surface area (Å²) in [7, 11) is 0. The predicted octanol–water partition coefficient (Wildman–Crippen LogP) is 1.96. The topological polar surface area (TPSA) is 45.1 Å². The highest BCUT2D eigenvalue weighted by atomic mass is 16.3. The predicted molar refractivity (Wildman–Crippen MR) is 58.4 cm³/mol. The van der Waals surface area contributed by atoms with E-state index in [9.17, 15) is 5.11 Å². The number of aromatic nitrogens is 1. The van der Waals surface area contributed by atoms with Crippen molar-refractivity contribution in [1.29, 1.82) is 0 Å². The lowest BCUT2D eigenvalue weighted by Crippen LogP contribution is -2.38. The molecule has 3 nitrogen and oxygen atoms in total. The first-order valence-corrected chi connectivity index (χ1v) is 4.91. The van der Waals surface area contributed by atoms with Gasteiger partial charge in [0.1, 0.15) is 0 Å². The van der Waals surface area contributed by atoms with Crippen LogP contribution in [-0.4, -0.2) is 22.2 Å². The van der Waals surface area contributed by atoms with Crippen LogP contribution in [0.15, 0.2) is 18.5 Å². The number of rotatable bonds is 4. The summed E-state index contributed by atoms with van der Waals surface area (Å²) in [6.07, 6.45) is 4.45. The Morgan fingerprint density at radius 3 is 2.79 bits per heavy atom. The van der Waals surface area contributed by atoms with E-state index in [0.717, 1.165) is 17.7 Å². The van der Waals surface area contributed by atoms with Gasteiger partial charge in [0.05, 0.1) is 12.1 Å². The van der Waals surface area contributed by atoms with Crippen LogP contribution in [-0.2, 0) is 0 Å². The normalized spacial score (nSPS) is 14.9. The van der Waals surface area contributed by atoms with Crippen LogP contribution in [0.3, 0.4) is 0 Å². The molecule has 0 fully saturated rings. The minimum absolute atomic E-state index is 0.130. The van der Waals surface area contributed by atoms with E-state index in [4.69, 9.17) is 0 Å². The lowest BCUT2D eigenvalue weighted by Gasteiger charge is -2.29. The van der Waals surface area contributed by atoms with Gasteiger partial charge >= 0.3 is 0 Å². The van der Waals surface area contributed by atoms with E-state index >= 15 is 0 Å². The zero-order valence-corrected chi connectivity index (χ0v) is 9.04. The Hall–Kier alpha value is -1.09. The smallest absolute Gasteiger partial charge is 0.0658 e. The number of aryl methyl sites for hydroxylation is 1. The van der Waals surface area contributed by atoms with E-state index in [2.05, 4.69) is 17.2 Å². The molecule has 1 atom stereocenters. The molecule has 3 heteroatoms. The summed E-state index contributed by atoms with van der Waals surface area (Å²) in [5, 5.41) is 12.6. The first-order chi connectivity index (χ1) is 6.61. The van der Waals surface area contributed by atoms with Gasteiger partial charge in [-0.25, -0.2) is 0 Å². The molecule has 1 aromatic heterocycles. The molecule has 0 saturated carbocycles. The van der Waals surface area contributed by atoms with Crippen LogP contribution < -0.4 is 5.32 Å². The van der Waals surface area contributed by atoms with Crippen molar-refractivity contribution in [3.8, 4) is 0 Å². The standard InChI is InChI=1S/C11H18N2O/c1-4-11(3,8-14)13-10-5-6-12-7-9(10)2/h5-7,14H,4,8H2,1-3H3,(H,12,13). The van der Waals surface area contributed by atoms with Crippen LogP contribution in [0.1, 0.15) is 25.8 Å². The Labute approximate surface area is 85.2 Å². The molecule has 0 aliphatic carbocycles. The summed E-state index contributed by atoms with van der Waals surface area (Å²) in [5.74, 6) is 0. The average Bonchev–Trinajstić information content (AvgIpc) is 2.21. The summed E-state index contributed by atoms with van der Waals surface area (Å²) in [6, 6.07) is 1.93. The van der Waals surface area contributed by atoms with Crippen molar-refractivity contribution >= 4 is 5.69 Å². The van der Waals surface area contributed by atoms with Crippen LogP contribution in [0.5, 0.6) is 0 Å². The molecule has 0 aliphatic heterocycles. The molecule has 0 radical (unpaired) electrons. The van der Waals surface area contributed by atoms with E-state index in [1.54, 1.807) is 6.20 Å². The van der Waals surface area contributed by atoms with Crippen LogP contribution in [0.4, 0.5) is 5.69 Å². The molecular formula is C11H18N2O. The number of aliphatic hydroxyl groups excluding tert-OH is 1. The number of hydrogen-bond donors (Lipinski definition) is 2. The number of nitrogens with zero attached hydrogens (tertiary/aromatic N) is 1. The Balaban J connectivity index is 2.82. The lowest BCUT2D eigenvalue weighted by molar-refractivity contribution is 0.219. The van der Waals surface area contributed by atoms with Crippen molar-refractivity contribution in [2.24, 2.45) is 0 Å². The molecule has 1 unspecified atom stereocenters. The van der Waals surface area contributed by atoms with Gasteiger partial charge < -0.3 is 10.4 Å². The fourth-order valence-electron chi connectivity index (χ4n) is 1.18. The number of hydrogen-bond acceptors (Lipinski definition) is 3. The van der Waals surface area contributed by atoms with Gasteiger partial charge in [-0.3, -0.25) is 4.98 Å². The molecule has 0 bridgehead atoms. The van der Waals surface area contributed by atoms with Gasteiger partial charge in [0.2, 0.25) is 0 Å². The third-order valence-electron chi connectivity index (χ3n) is 2.59. The molecule has 0 aromatic carbocycles. The molecule has 2 N–H and O–H groups in total. The molecule has 0 aliphatic rings. The van der Waals surface area contributed by atoms with E-state index in [-0.39, 0.29) is 12.1 Å².